The van der Waals surface area contributed by atoms with E-state index in [2.05, 4.69) is 42.7 Å². The minimum absolute atomic E-state index is 0.0498. The normalized spacial score (nSPS) is 16.0. The van der Waals surface area contributed by atoms with Gasteiger partial charge in [-0.3, -0.25) is 4.79 Å². The Morgan fingerprint density at radius 3 is 2.70 bits per heavy atom. The number of para-hydroxylation sites is 3. The lowest BCUT2D eigenvalue weighted by molar-refractivity contribution is -0.117. The van der Waals surface area contributed by atoms with Gasteiger partial charge in [0.15, 0.2) is 0 Å². The molecule has 3 aromatic carbocycles. The number of amides is 1. The molecule has 0 saturated carbocycles. The number of aromatic nitrogens is 2. The van der Waals surface area contributed by atoms with Crippen molar-refractivity contribution in [1.29, 1.82) is 0 Å². The van der Waals surface area contributed by atoms with Crippen LogP contribution in [0.4, 0.5) is 5.69 Å². The molecule has 1 fully saturated rings. The molecule has 5 nitrogen and oxygen atoms in total. The summed E-state index contributed by atoms with van der Waals surface area (Å²) in [6, 6.07) is 24.5. The predicted molar refractivity (Wildman–Crippen MR) is 132 cm³/mol. The maximum Gasteiger partial charge on any atom is 0.227 e. The van der Waals surface area contributed by atoms with Gasteiger partial charge in [0.25, 0.3) is 0 Å². The van der Waals surface area contributed by atoms with E-state index in [1.807, 2.05) is 53.4 Å². The molecule has 1 aromatic heterocycles. The molecule has 0 N–H and O–H groups in total. The van der Waals surface area contributed by atoms with Gasteiger partial charge in [-0.25, -0.2) is 4.98 Å². The molecule has 0 bridgehead atoms. The summed E-state index contributed by atoms with van der Waals surface area (Å²) in [7, 11) is 0. The molecule has 4 aromatic rings. The van der Waals surface area contributed by atoms with E-state index in [0.29, 0.717) is 26.1 Å². The summed E-state index contributed by atoms with van der Waals surface area (Å²) in [6.07, 6.45) is 1.37. The highest BCUT2D eigenvalue weighted by Crippen LogP contribution is 2.34. The first-order valence-electron chi connectivity index (χ1n) is 11.7. The third-order valence-electron chi connectivity index (χ3n) is 6.41. The molecule has 0 radical (unpaired) electrons. The number of benzene rings is 3. The van der Waals surface area contributed by atoms with E-state index in [9.17, 15) is 4.79 Å². The number of carbonyl (C=O) groups is 1. The van der Waals surface area contributed by atoms with Gasteiger partial charge in [0.2, 0.25) is 5.91 Å². The summed E-state index contributed by atoms with van der Waals surface area (Å²) in [6.45, 7) is 6.07. The molecule has 168 valence electrons. The van der Waals surface area contributed by atoms with E-state index in [0.717, 1.165) is 34.7 Å². The van der Waals surface area contributed by atoms with Crippen molar-refractivity contribution < 1.29 is 9.53 Å². The van der Waals surface area contributed by atoms with E-state index in [1.165, 1.54) is 11.1 Å². The second-order valence-corrected chi connectivity index (χ2v) is 8.66. The summed E-state index contributed by atoms with van der Waals surface area (Å²) in [5.41, 5.74) is 5.45. The first-order chi connectivity index (χ1) is 16.1. The first-order valence-corrected chi connectivity index (χ1v) is 11.7. The van der Waals surface area contributed by atoms with Crippen LogP contribution < -0.4 is 9.64 Å². The van der Waals surface area contributed by atoms with Crippen LogP contribution in [0.3, 0.4) is 0 Å². The van der Waals surface area contributed by atoms with E-state index in [1.54, 1.807) is 0 Å². The summed E-state index contributed by atoms with van der Waals surface area (Å²) in [5, 5.41) is 0. The molecule has 0 aliphatic carbocycles. The lowest BCUT2D eigenvalue weighted by Gasteiger charge is -2.20. The standard InChI is InChI=1S/C28H29N3O2/c1-3-21-10-4-6-13-25(21)31-19-22(18-27(31)32)28-29-24-12-5-7-14-26(24)30(28)15-16-33-23-11-8-9-20(2)17-23/h4-14,17,22H,3,15-16,18-19H2,1-2H3. The fourth-order valence-electron chi connectivity index (χ4n) is 4.79. The Balaban J connectivity index is 1.41. The Labute approximate surface area is 194 Å². The van der Waals surface area contributed by atoms with E-state index in [4.69, 9.17) is 9.72 Å². The highest BCUT2D eigenvalue weighted by molar-refractivity contribution is 5.97. The smallest absolute Gasteiger partial charge is 0.227 e. The molecule has 1 unspecified atom stereocenters. The Hall–Kier alpha value is -3.60. The maximum absolute atomic E-state index is 13.0. The largest absolute Gasteiger partial charge is 0.492 e. The lowest BCUT2D eigenvalue weighted by Crippen LogP contribution is -2.25. The minimum atomic E-state index is 0.0498. The van der Waals surface area contributed by atoms with E-state index < -0.39 is 0 Å². The summed E-state index contributed by atoms with van der Waals surface area (Å²) in [5.74, 6) is 2.05. The van der Waals surface area contributed by atoms with Crippen LogP contribution in [0, 0.1) is 6.92 Å². The van der Waals surface area contributed by atoms with Crippen LogP contribution in [-0.2, 0) is 17.8 Å². The molecule has 1 aliphatic rings. The number of rotatable bonds is 7. The number of ether oxygens (including phenoxy) is 1. The zero-order chi connectivity index (χ0) is 22.8. The number of carbonyl (C=O) groups excluding carboxylic acids is 1. The Bertz CT molecular complexity index is 1290. The fourth-order valence-corrected chi connectivity index (χ4v) is 4.79. The molecule has 5 rings (SSSR count). The third-order valence-corrected chi connectivity index (χ3v) is 6.41. The zero-order valence-electron chi connectivity index (χ0n) is 19.2. The van der Waals surface area contributed by atoms with Crippen LogP contribution in [0.25, 0.3) is 11.0 Å². The topological polar surface area (TPSA) is 47.4 Å². The van der Waals surface area contributed by atoms with E-state index in [-0.39, 0.29) is 11.8 Å². The summed E-state index contributed by atoms with van der Waals surface area (Å²) < 4.78 is 8.28. The van der Waals surface area contributed by atoms with Crippen LogP contribution in [-0.4, -0.2) is 28.6 Å². The molecule has 0 spiro atoms. The Morgan fingerprint density at radius 1 is 1.03 bits per heavy atom. The SMILES string of the molecule is CCc1ccccc1N1CC(c2nc3ccccc3n2CCOc2cccc(C)c2)CC1=O. The molecule has 33 heavy (non-hydrogen) atoms. The number of imidazole rings is 1. The molecular formula is C28H29N3O2. The number of anilines is 1. The molecule has 5 heteroatoms. The Kier molecular flexibility index (Phi) is 5.86. The van der Waals surface area contributed by atoms with Crippen molar-refractivity contribution >= 4 is 22.6 Å². The highest BCUT2D eigenvalue weighted by Gasteiger charge is 2.35. The van der Waals surface area contributed by atoms with Crippen molar-refractivity contribution in [2.75, 3.05) is 18.1 Å². The number of fused-ring (bicyclic) bond motifs is 1. The van der Waals surface area contributed by atoms with Gasteiger partial charge < -0.3 is 14.2 Å². The number of nitrogens with zero attached hydrogens (tertiary/aromatic N) is 3. The molecule has 1 atom stereocenters. The van der Waals surface area contributed by atoms with Crippen LogP contribution in [0.5, 0.6) is 5.75 Å². The van der Waals surface area contributed by atoms with Crippen LogP contribution in [0.15, 0.2) is 72.8 Å². The predicted octanol–water partition coefficient (Wildman–Crippen LogP) is 5.51. The summed E-state index contributed by atoms with van der Waals surface area (Å²) in [4.78, 5) is 20.0. The van der Waals surface area contributed by atoms with E-state index >= 15 is 0 Å². The van der Waals surface area contributed by atoms with Gasteiger partial charge in [0.05, 0.1) is 17.6 Å². The fraction of sp³-hybridized carbons (Fsp3) is 0.286. The van der Waals surface area contributed by atoms with Crippen molar-refractivity contribution in [1.82, 2.24) is 9.55 Å². The maximum atomic E-state index is 13.0. The van der Waals surface area contributed by atoms with Crippen LogP contribution >= 0.6 is 0 Å². The minimum Gasteiger partial charge on any atom is -0.492 e. The third kappa shape index (κ3) is 4.23. The quantitative estimate of drug-likeness (QED) is 0.382. The van der Waals surface area contributed by atoms with Crippen molar-refractivity contribution in [3.63, 3.8) is 0 Å². The van der Waals surface area contributed by atoms with Gasteiger partial charge in [0.1, 0.15) is 18.2 Å². The second-order valence-electron chi connectivity index (χ2n) is 8.66. The van der Waals surface area contributed by atoms with Crippen molar-refractivity contribution in [3.05, 3.63) is 89.7 Å². The second kappa shape index (κ2) is 9.10. The average Bonchev–Trinajstić information content (AvgIpc) is 3.39. The zero-order valence-corrected chi connectivity index (χ0v) is 19.2. The van der Waals surface area contributed by atoms with Crippen molar-refractivity contribution in [3.8, 4) is 5.75 Å². The molecule has 1 aliphatic heterocycles. The number of hydrogen-bond acceptors (Lipinski definition) is 3. The van der Waals surface area contributed by atoms with Crippen molar-refractivity contribution in [2.45, 2.75) is 39.2 Å². The molecule has 1 amide bonds. The van der Waals surface area contributed by atoms with Gasteiger partial charge in [-0.15, -0.1) is 0 Å². The molecule has 2 heterocycles. The molecular weight excluding hydrogens is 410 g/mol. The van der Waals surface area contributed by atoms with Gasteiger partial charge >= 0.3 is 0 Å². The Morgan fingerprint density at radius 2 is 1.85 bits per heavy atom. The average molecular weight is 440 g/mol. The van der Waals surface area contributed by atoms with Gasteiger partial charge in [-0.1, -0.05) is 49.4 Å². The van der Waals surface area contributed by atoms with Gasteiger partial charge in [0, 0.05) is 24.6 Å². The van der Waals surface area contributed by atoms with Gasteiger partial charge in [-0.2, -0.15) is 0 Å². The monoisotopic (exact) mass is 439 g/mol. The highest BCUT2D eigenvalue weighted by atomic mass is 16.5. The molecule has 1 saturated heterocycles. The van der Waals surface area contributed by atoms with Crippen LogP contribution in [0.1, 0.15) is 36.2 Å². The number of aryl methyl sites for hydroxylation is 2. The van der Waals surface area contributed by atoms with Gasteiger partial charge in [-0.05, 0) is 54.8 Å². The number of hydrogen-bond donors (Lipinski definition) is 0. The van der Waals surface area contributed by atoms with Crippen molar-refractivity contribution in [2.24, 2.45) is 0 Å². The lowest BCUT2D eigenvalue weighted by atomic mass is 10.1. The summed E-state index contributed by atoms with van der Waals surface area (Å²) >= 11 is 0. The first kappa shape index (κ1) is 21.3. The van der Waals surface area contributed by atoms with Crippen LogP contribution in [0.2, 0.25) is 0 Å².